The first-order valence-electron chi connectivity index (χ1n) is 7.62. The van der Waals surface area contributed by atoms with Crippen LogP contribution in [0, 0.1) is 10.1 Å². The Balaban J connectivity index is 2.22. The molecule has 2 rings (SSSR count). The lowest BCUT2D eigenvalue weighted by Gasteiger charge is -2.19. The lowest BCUT2D eigenvalue weighted by Crippen LogP contribution is -2.30. The number of likely N-dealkylation sites (N-methyl/N-ethyl adjacent to an activating group) is 1. The molecule has 0 radical (unpaired) electrons. The van der Waals surface area contributed by atoms with Gasteiger partial charge in [-0.15, -0.1) is 0 Å². The van der Waals surface area contributed by atoms with Gasteiger partial charge in [0.2, 0.25) is 15.9 Å². The molecular weight excluding hydrogens is 396 g/mol. The second kappa shape index (κ2) is 8.33. The molecule has 0 aliphatic heterocycles. The Hall–Kier alpha value is -2.69. The minimum Gasteiger partial charge on any atom is -0.360 e. The van der Waals surface area contributed by atoms with Crippen molar-refractivity contribution in [3.63, 3.8) is 0 Å². The first-order chi connectivity index (χ1) is 12.6. The van der Waals surface area contributed by atoms with Crippen LogP contribution in [-0.4, -0.2) is 39.9 Å². The summed E-state index contributed by atoms with van der Waals surface area (Å²) >= 11 is 5.78. The van der Waals surface area contributed by atoms with Gasteiger partial charge in [-0.25, -0.2) is 13.1 Å². The molecule has 0 fully saturated rings. The van der Waals surface area contributed by atoms with Gasteiger partial charge in [0.1, 0.15) is 5.69 Å². The maximum atomic E-state index is 12.2. The molecule has 0 atom stereocenters. The third kappa shape index (κ3) is 5.16. The number of amides is 1. The summed E-state index contributed by atoms with van der Waals surface area (Å²) in [5.74, 6) is -0.402. The molecule has 2 aromatic carbocycles. The Morgan fingerprint density at radius 3 is 2.41 bits per heavy atom. The molecule has 0 unspecified atom stereocenters. The van der Waals surface area contributed by atoms with Crippen LogP contribution in [0.2, 0.25) is 5.02 Å². The van der Waals surface area contributed by atoms with Crippen LogP contribution in [0.3, 0.4) is 0 Å². The van der Waals surface area contributed by atoms with Crippen molar-refractivity contribution in [1.29, 1.82) is 0 Å². The van der Waals surface area contributed by atoms with Crippen LogP contribution in [0.15, 0.2) is 47.4 Å². The third-order valence-corrected chi connectivity index (χ3v) is 5.31. The Morgan fingerprint density at radius 1 is 1.22 bits per heavy atom. The number of nitrogens with one attached hydrogen (secondary N) is 2. The Morgan fingerprint density at radius 2 is 1.85 bits per heavy atom. The molecule has 2 N–H and O–H groups in total. The highest BCUT2D eigenvalue weighted by molar-refractivity contribution is 7.89. The molecule has 0 aliphatic rings. The summed E-state index contributed by atoms with van der Waals surface area (Å²) in [7, 11) is -1.12. The van der Waals surface area contributed by atoms with Gasteiger partial charge < -0.3 is 10.2 Å². The van der Waals surface area contributed by atoms with Crippen LogP contribution in [0.1, 0.15) is 0 Å². The van der Waals surface area contributed by atoms with Crippen molar-refractivity contribution >= 4 is 44.6 Å². The van der Waals surface area contributed by atoms with E-state index in [0.717, 1.165) is 6.07 Å². The van der Waals surface area contributed by atoms with Gasteiger partial charge in [0.25, 0.3) is 5.69 Å². The van der Waals surface area contributed by atoms with Crippen molar-refractivity contribution in [1.82, 2.24) is 4.72 Å². The number of nitrogens with zero attached hydrogens (tertiary/aromatic N) is 2. The molecule has 0 bridgehead atoms. The van der Waals surface area contributed by atoms with E-state index < -0.39 is 26.5 Å². The molecule has 0 saturated carbocycles. The zero-order valence-corrected chi connectivity index (χ0v) is 16.0. The van der Waals surface area contributed by atoms with Gasteiger partial charge in [-0.1, -0.05) is 11.6 Å². The Kier molecular flexibility index (Phi) is 6.37. The topological polar surface area (TPSA) is 122 Å². The largest absolute Gasteiger partial charge is 0.360 e. The molecule has 1 amide bonds. The molecule has 0 aliphatic carbocycles. The summed E-state index contributed by atoms with van der Waals surface area (Å²) in [6.07, 6.45) is 0. The third-order valence-electron chi connectivity index (χ3n) is 3.64. The number of nitro groups is 1. The van der Waals surface area contributed by atoms with E-state index in [1.807, 2.05) is 0 Å². The predicted octanol–water partition coefficient (Wildman–Crippen LogP) is 2.23. The van der Waals surface area contributed by atoms with Gasteiger partial charge in [0, 0.05) is 23.8 Å². The molecule has 27 heavy (non-hydrogen) atoms. The molecule has 2 aromatic rings. The van der Waals surface area contributed by atoms with Crippen molar-refractivity contribution in [3.05, 3.63) is 57.6 Å². The highest BCUT2D eigenvalue weighted by atomic mass is 35.5. The van der Waals surface area contributed by atoms with Gasteiger partial charge in [0.05, 0.1) is 16.4 Å². The molecule has 9 nitrogen and oxygen atoms in total. The first-order valence-corrected chi connectivity index (χ1v) is 9.48. The second-order valence-electron chi connectivity index (χ2n) is 5.53. The summed E-state index contributed by atoms with van der Waals surface area (Å²) in [6, 6.07) is 9.97. The highest BCUT2D eigenvalue weighted by Crippen LogP contribution is 2.30. The lowest BCUT2D eigenvalue weighted by molar-refractivity contribution is -0.384. The number of hydrogen-bond donors (Lipinski definition) is 2. The number of benzene rings is 2. The van der Waals surface area contributed by atoms with E-state index in [1.54, 1.807) is 24.3 Å². The fourth-order valence-electron chi connectivity index (χ4n) is 2.29. The summed E-state index contributed by atoms with van der Waals surface area (Å²) in [4.78, 5) is 24.0. The van der Waals surface area contributed by atoms with Crippen LogP contribution in [0.4, 0.5) is 17.1 Å². The van der Waals surface area contributed by atoms with Crippen molar-refractivity contribution < 1.29 is 18.1 Å². The number of nitro benzene ring substituents is 1. The number of anilines is 2. The molecular formula is C16H17ClN4O5S. The van der Waals surface area contributed by atoms with Crippen LogP contribution in [0.5, 0.6) is 0 Å². The van der Waals surface area contributed by atoms with E-state index in [9.17, 15) is 23.3 Å². The van der Waals surface area contributed by atoms with E-state index >= 15 is 0 Å². The number of rotatable bonds is 7. The molecule has 144 valence electrons. The summed E-state index contributed by atoms with van der Waals surface area (Å²) in [5, 5.41) is 14.5. The van der Waals surface area contributed by atoms with Crippen molar-refractivity contribution in [2.24, 2.45) is 0 Å². The molecule has 0 saturated heterocycles. The normalized spacial score (nSPS) is 11.1. The number of carbonyl (C=O) groups excluding carboxylic acids is 1. The number of halogens is 1. The fourth-order valence-corrected chi connectivity index (χ4v) is 3.17. The number of carbonyl (C=O) groups is 1. The van der Waals surface area contributed by atoms with Crippen molar-refractivity contribution in [2.45, 2.75) is 4.90 Å². The SMILES string of the molecule is CNS(=O)(=O)c1ccc(N(C)CC(=O)Nc2ccc(Cl)cc2)c([N+](=O)[O-])c1. The molecule has 0 heterocycles. The number of hydrogen-bond acceptors (Lipinski definition) is 6. The molecule has 0 spiro atoms. The smallest absolute Gasteiger partial charge is 0.293 e. The minimum absolute atomic E-state index is 0.112. The first kappa shape index (κ1) is 20.6. The highest BCUT2D eigenvalue weighted by Gasteiger charge is 2.23. The van der Waals surface area contributed by atoms with E-state index in [4.69, 9.17) is 11.6 Å². The monoisotopic (exact) mass is 412 g/mol. The summed E-state index contributed by atoms with van der Waals surface area (Å²) < 4.78 is 25.8. The maximum absolute atomic E-state index is 12.2. The zero-order valence-electron chi connectivity index (χ0n) is 14.5. The minimum atomic E-state index is -3.83. The van der Waals surface area contributed by atoms with E-state index in [2.05, 4.69) is 10.0 Å². The van der Waals surface area contributed by atoms with Crippen LogP contribution < -0.4 is 14.9 Å². The van der Waals surface area contributed by atoms with E-state index in [0.29, 0.717) is 10.7 Å². The van der Waals surface area contributed by atoms with Crippen LogP contribution in [-0.2, 0) is 14.8 Å². The number of sulfonamides is 1. The van der Waals surface area contributed by atoms with Gasteiger partial charge in [-0.3, -0.25) is 14.9 Å². The fraction of sp³-hybridized carbons (Fsp3) is 0.188. The predicted molar refractivity (Wildman–Crippen MR) is 103 cm³/mol. The summed E-state index contributed by atoms with van der Waals surface area (Å²) in [5.41, 5.74) is 0.220. The lowest BCUT2D eigenvalue weighted by atomic mass is 10.2. The van der Waals surface area contributed by atoms with Crippen molar-refractivity contribution in [3.8, 4) is 0 Å². The zero-order chi connectivity index (χ0) is 20.2. The van der Waals surface area contributed by atoms with Crippen LogP contribution in [0.25, 0.3) is 0 Å². The average Bonchev–Trinajstić information content (AvgIpc) is 2.62. The van der Waals surface area contributed by atoms with Crippen LogP contribution >= 0.6 is 11.6 Å². The van der Waals surface area contributed by atoms with Gasteiger partial charge in [-0.2, -0.15) is 0 Å². The van der Waals surface area contributed by atoms with E-state index in [-0.39, 0.29) is 17.1 Å². The average molecular weight is 413 g/mol. The van der Waals surface area contributed by atoms with Gasteiger partial charge in [0.15, 0.2) is 0 Å². The van der Waals surface area contributed by atoms with Gasteiger partial charge in [-0.05, 0) is 43.4 Å². The quantitative estimate of drug-likeness (QED) is 0.531. The standard InChI is InChI=1S/C16H17ClN4O5S/c1-18-27(25,26)13-7-8-14(15(9-13)21(23)24)20(2)10-16(22)19-12-5-3-11(17)4-6-12/h3-9,18H,10H2,1-2H3,(H,19,22). The molecule has 11 heteroatoms. The molecule has 0 aromatic heterocycles. The Bertz CT molecular complexity index is 963. The van der Waals surface area contributed by atoms with E-state index in [1.165, 1.54) is 31.1 Å². The second-order valence-corrected chi connectivity index (χ2v) is 7.85. The summed E-state index contributed by atoms with van der Waals surface area (Å²) in [6.45, 7) is -0.179. The maximum Gasteiger partial charge on any atom is 0.293 e. The van der Waals surface area contributed by atoms with Crippen molar-refractivity contribution in [2.75, 3.05) is 30.9 Å². The Labute approximate surface area is 161 Å². The van der Waals surface area contributed by atoms with Gasteiger partial charge >= 0.3 is 0 Å².